The van der Waals surface area contributed by atoms with Crippen LogP contribution in [0.25, 0.3) is 0 Å². The van der Waals surface area contributed by atoms with Crippen molar-refractivity contribution in [1.29, 1.82) is 0 Å². The number of rotatable bonds is 5. The number of benzene rings is 1. The summed E-state index contributed by atoms with van der Waals surface area (Å²) in [6.07, 6.45) is 0. The Hall–Kier alpha value is -1.91. The van der Waals surface area contributed by atoms with Crippen LogP contribution in [0, 0.1) is 6.92 Å². The molecule has 0 unspecified atom stereocenters. The van der Waals surface area contributed by atoms with E-state index in [-0.39, 0.29) is 12.5 Å². The number of nitrogens with zero attached hydrogens (tertiary/aromatic N) is 1. The van der Waals surface area contributed by atoms with E-state index in [0.29, 0.717) is 5.75 Å². The molecule has 0 heterocycles. The average molecular weight is 253 g/mol. The van der Waals surface area contributed by atoms with E-state index in [9.17, 15) is 4.79 Å². The Kier molecular flexibility index (Phi) is 4.83. The van der Waals surface area contributed by atoms with Crippen LogP contribution in [0.2, 0.25) is 0 Å². The molecule has 5 heteroatoms. The van der Waals surface area contributed by atoms with Gasteiger partial charge in [-0.25, -0.2) is 0 Å². The highest BCUT2D eigenvalue weighted by Crippen LogP contribution is 2.34. The number of carbonyl (C=O) groups is 1. The third kappa shape index (κ3) is 3.06. The van der Waals surface area contributed by atoms with E-state index < -0.39 is 0 Å². The van der Waals surface area contributed by atoms with Gasteiger partial charge in [0.2, 0.25) is 0 Å². The normalized spacial score (nSPS) is 9.83. The first-order chi connectivity index (χ1) is 8.53. The molecule has 1 rings (SSSR count). The molecule has 1 aromatic carbocycles. The summed E-state index contributed by atoms with van der Waals surface area (Å²) in [5.74, 6) is 1.14. The van der Waals surface area contributed by atoms with Gasteiger partial charge in [-0.05, 0) is 18.6 Å². The number of ether oxygens (including phenoxy) is 3. The van der Waals surface area contributed by atoms with Gasteiger partial charge in [0.25, 0.3) is 0 Å². The van der Waals surface area contributed by atoms with Gasteiger partial charge in [-0.2, -0.15) is 0 Å². The number of carbonyl (C=O) groups excluding carboxylic acids is 1. The fourth-order valence-electron chi connectivity index (χ4n) is 1.68. The van der Waals surface area contributed by atoms with Gasteiger partial charge in [-0.3, -0.25) is 4.79 Å². The quantitative estimate of drug-likeness (QED) is 0.746. The molecule has 0 aliphatic rings. The Labute approximate surface area is 107 Å². The van der Waals surface area contributed by atoms with Crippen LogP contribution in [0.5, 0.6) is 11.5 Å². The molecule has 0 fully saturated rings. The first-order valence-electron chi connectivity index (χ1n) is 5.54. The standard InChI is InChI=1S/C13H19NO4/c1-9-6-12(17-4)10(7-11(9)16-3)14(2)8-13(15)18-5/h6-7H,8H2,1-5H3. The number of hydrogen-bond acceptors (Lipinski definition) is 5. The number of anilines is 1. The van der Waals surface area contributed by atoms with Crippen LogP contribution in [0.15, 0.2) is 12.1 Å². The highest BCUT2D eigenvalue weighted by atomic mass is 16.5. The number of esters is 1. The maximum atomic E-state index is 11.3. The number of hydrogen-bond donors (Lipinski definition) is 0. The fourth-order valence-corrected chi connectivity index (χ4v) is 1.68. The Morgan fingerprint density at radius 3 is 2.28 bits per heavy atom. The lowest BCUT2D eigenvalue weighted by Crippen LogP contribution is -2.26. The first kappa shape index (κ1) is 14.2. The summed E-state index contributed by atoms with van der Waals surface area (Å²) in [7, 11) is 6.36. The van der Waals surface area contributed by atoms with E-state index in [4.69, 9.17) is 9.47 Å². The van der Waals surface area contributed by atoms with Crippen molar-refractivity contribution in [3.63, 3.8) is 0 Å². The number of methoxy groups -OCH3 is 3. The highest BCUT2D eigenvalue weighted by Gasteiger charge is 2.15. The maximum absolute atomic E-state index is 11.3. The molecule has 100 valence electrons. The molecule has 0 aliphatic carbocycles. The molecule has 5 nitrogen and oxygen atoms in total. The first-order valence-corrected chi connectivity index (χ1v) is 5.54. The van der Waals surface area contributed by atoms with Crippen molar-refractivity contribution >= 4 is 11.7 Å². The largest absolute Gasteiger partial charge is 0.496 e. The minimum Gasteiger partial charge on any atom is -0.496 e. The Morgan fingerprint density at radius 2 is 1.78 bits per heavy atom. The van der Waals surface area contributed by atoms with Crippen LogP contribution in [0.1, 0.15) is 5.56 Å². The van der Waals surface area contributed by atoms with Crippen molar-refractivity contribution in [1.82, 2.24) is 0 Å². The van der Waals surface area contributed by atoms with Crippen LogP contribution in [0.3, 0.4) is 0 Å². The molecule has 0 N–H and O–H groups in total. The molecule has 0 amide bonds. The monoisotopic (exact) mass is 253 g/mol. The summed E-state index contributed by atoms with van der Waals surface area (Å²) in [5, 5.41) is 0. The Balaban J connectivity index is 3.08. The van der Waals surface area contributed by atoms with E-state index >= 15 is 0 Å². The van der Waals surface area contributed by atoms with Gasteiger partial charge in [-0.15, -0.1) is 0 Å². The third-order valence-electron chi connectivity index (χ3n) is 2.70. The second-order valence-corrected chi connectivity index (χ2v) is 3.93. The summed E-state index contributed by atoms with van der Waals surface area (Å²) in [5.41, 5.74) is 1.76. The van der Waals surface area contributed by atoms with Crippen LogP contribution in [-0.4, -0.2) is 40.9 Å². The smallest absolute Gasteiger partial charge is 0.325 e. The van der Waals surface area contributed by atoms with Crippen molar-refractivity contribution in [2.45, 2.75) is 6.92 Å². The van der Waals surface area contributed by atoms with Crippen molar-refractivity contribution in [3.05, 3.63) is 17.7 Å². The zero-order valence-electron chi connectivity index (χ0n) is 11.4. The van der Waals surface area contributed by atoms with Gasteiger partial charge in [0.05, 0.1) is 27.0 Å². The van der Waals surface area contributed by atoms with Gasteiger partial charge < -0.3 is 19.1 Å². The predicted octanol–water partition coefficient (Wildman–Crippen LogP) is 1.62. The minimum atomic E-state index is -0.306. The number of aryl methyl sites for hydroxylation is 1. The molecule has 0 radical (unpaired) electrons. The zero-order valence-corrected chi connectivity index (χ0v) is 11.4. The van der Waals surface area contributed by atoms with Gasteiger partial charge in [0.15, 0.2) is 0 Å². The van der Waals surface area contributed by atoms with Gasteiger partial charge in [0, 0.05) is 13.1 Å². The lowest BCUT2D eigenvalue weighted by Gasteiger charge is -2.22. The van der Waals surface area contributed by atoms with Gasteiger partial charge in [-0.1, -0.05) is 0 Å². The van der Waals surface area contributed by atoms with Crippen molar-refractivity contribution in [2.75, 3.05) is 39.8 Å². The van der Waals surface area contributed by atoms with E-state index in [2.05, 4.69) is 4.74 Å². The van der Waals surface area contributed by atoms with Crippen LogP contribution in [-0.2, 0) is 9.53 Å². The van der Waals surface area contributed by atoms with Gasteiger partial charge in [0.1, 0.15) is 18.0 Å². The topological polar surface area (TPSA) is 48.0 Å². The summed E-state index contributed by atoms with van der Waals surface area (Å²) in [6.45, 7) is 2.09. The number of likely N-dealkylation sites (N-methyl/N-ethyl adjacent to an activating group) is 1. The van der Waals surface area contributed by atoms with E-state index in [0.717, 1.165) is 17.0 Å². The van der Waals surface area contributed by atoms with Crippen molar-refractivity contribution < 1.29 is 19.0 Å². The lowest BCUT2D eigenvalue weighted by atomic mass is 10.1. The van der Waals surface area contributed by atoms with E-state index in [1.54, 1.807) is 26.2 Å². The Bertz CT molecular complexity index is 431. The molecule has 0 saturated heterocycles. The van der Waals surface area contributed by atoms with Crippen molar-refractivity contribution in [2.24, 2.45) is 0 Å². The maximum Gasteiger partial charge on any atom is 0.325 e. The molecule has 18 heavy (non-hydrogen) atoms. The van der Waals surface area contributed by atoms with Crippen molar-refractivity contribution in [3.8, 4) is 11.5 Å². The fraction of sp³-hybridized carbons (Fsp3) is 0.462. The predicted molar refractivity (Wildman–Crippen MR) is 69.6 cm³/mol. The van der Waals surface area contributed by atoms with Gasteiger partial charge >= 0.3 is 5.97 Å². The second kappa shape index (κ2) is 6.14. The average Bonchev–Trinajstić information content (AvgIpc) is 2.37. The summed E-state index contributed by atoms with van der Waals surface area (Å²) in [4.78, 5) is 13.0. The molecule has 0 spiro atoms. The second-order valence-electron chi connectivity index (χ2n) is 3.93. The van der Waals surface area contributed by atoms with Crippen LogP contribution in [0.4, 0.5) is 5.69 Å². The van der Waals surface area contributed by atoms with E-state index in [1.807, 2.05) is 19.1 Å². The molecule has 1 aromatic rings. The van der Waals surface area contributed by atoms with E-state index in [1.165, 1.54) is 7.11 Å². The zero-order chi connectivity index (χ0) is 13.7. The Morgan fingerprint density at radius 1 is 1.17 bits per heavy atom. The summed E-state index contributed by atoms with van der Waals surface area (Å²) in [6, 6.07) is 3.72. The summed E-state index contributed by atoms with van der Waals surface area (Å²) < 4.78 is 15.2. The third-order valence-corrected chi connectivity index (χ3v) is 2.70. The molecule has 0 aromatic heterocycles. The molecular weight excluding hydrogens is 234 g/mol. The van der Waals surface area contributed by atoms with Crippen LogP contribution < -0.4 is 14.4 Å². The highest BCUT2D eigenvalue weighted by molar-refractivity contribution is 5.77. The van der Waals surface area contributed by atoms with Crippen LogP contribution >= 0.6 is 0 Å². The molecule has 0 aliphatic heterocycles. The molecule has 0 saturated carbocycles. The molecule has 0 atom stereocenters. The molecular formula is C13H19NO4. The molecule has 0 bridgehead atoms. The SMILES string of the molecule is COC(=O)CN(C)c1cc(OC)c(C)cc1OC. The minimum absolute atomic E-state index is 0.152. The lowest BCUT2D eigenvalue weighted by molar-refractivity contribution is -0.138. The summed E-state index contributed by atoms with van der Waals surface area (Å²) >= 11 is 0.